The maximum absolute atomic E-state index is 13.0. The van der Waals surface area contributed by atoms with Crippen LogP contribution >= 0.6 is 11.3 Å². The van der Waals surface area contributed by atoms with Gasteiger partial charge in [0.25, 0.3) is 5.91 Å². The molecule has 0 aromatic carbocycles. The van der Waals surface area contributed by atoms with E-state index in [1.807, 2.05) is 0 Å². The Morgan fingerprint density at radius 3 is 2.52 bits per heavy atom. The average Bonchev–Trinajstić information content (AvgIpc) is 3.43. The van der Waals surface area contributed by atoms with E-state index in [1.54, 1.807) is 16.3 Å². The Labute approximate surface area is 164 Å². The number of hydrogen-bond donors (Lipinski definition) is 0. The molecule has 0 spiro atoms. The lowest BCUT2D eigenvalue weighted by Crippen LogP contribution is -2.50. The highest BCUT2D eigenvalue weighted by Gasteiger charge is 2.34. The minimum atomic E-state index is -3.57. The van der Waals surface area contributed by atoms with E-state index in [0.29, 0.717) is 37.2 Å². The third kappa shape index (κ3) is 4.07. The van der Waals surface area contributed by atoms with Gasteiger partial charge in [-0.15, -0.1) is 11.3 Å². The highest BCUT2D eigenvalue weighted by molar-refractivity contribution is 7.89. The Morgan fingerprint density at radius 2 is 1.85 bits per heavy atom. The number of amides is 1. The van der Waals surface area contributed by atoms with Gasteiger partial charge in [-0.1, -0.05) is 0 Å². The SMILES string of the molecule is O=C(c1sccc1S(=O)(=O)N1CCCC1)N1CCN(CC2CCCO2)CC1. The van der Waals surface area contributed by atoms with Crippen LogP contribution in [-0.4, -0.2) is 87.0 Å². The van der Waals surface area contributed by atoms with Crippen molar-refractivity contribution in [2.75, 3.05) is 52.4 Å². The quantitative estimate of drug-likeness (QED) is 0.731. The smallest absolute Gasteiger partial charge is 0.265 e. The van der Waals surface area contributed by atoms with Crippen LogP contribution < -0.4 is 0 Å². The molecule has 0 aliphatic carbocycles. The average molecular weight is 414 g/mol. The number of thiophene rings is 1. The summed E-state index contributed by atoms with van der Waals surface area (Å²) in [6, 6.07) is 1.58. The first-order valence-electron chi connectivity index (χ1n) is 9.76. The fourth-order valence-electron chi connectivity index (χ4n) is 4.08. The maximum atomic E-state index is 13.0. The van der Waals surface area contributed by atoms with Gasteiger partial charge in [0.15, 0.2) is 0 Å². The Bertz CT molecular complexity index is 759. The maximum Gasteiger partial charge on any atom is 0.265 e. The van der Waals surface area contributed by atoms with Gasteiger partial charge in [-0.25, -0.2) is 8.42 Å². The number of rotatable bonds is 5. The number of carbonyl (C=O) groups is 1. The molecule has 1 unspecified atom stereocenters. The molecule has 3 saturated heterocycles. The summed E-state index contributed by atoms with van der Waals surface area (Å²) in [7, 11) is -3.57. The van der Waals surface area contributed by atoms with Gasteiger partial charge in [0, 0.05) is 52.4 Å². The zero-order valence-corrected chi connectivity index (χ0v) is 17.1. The zero-order valence-electron chi connectivity index (χ0n) is 15.5. The molecular formula is C18H27N3O4S2. The number of ether oxygens (including phenoxy) is 1. The largest absolute Gasteiger partial charge is 0.377 e. The van der Waals surface area contributed by atoms with E-state index in [-0.39, 0.29) is 10.8 Å². The molecule has 3 aliphatic heterocycles. The van der Waals surface area contributed by atoms with Gasteiger partial charge in [0.1, 0.15) is 9.77 Å². The summed E-state index contributed by atoms with van der Waals surface area (Å²) in [4.78, 5) is 17.7. The summed E-state index contributed by atoms with van der Waals surface area (Å²) in [5, 5.41) is 1.71. The van der Waals surface area contributed by atoms with Gasteiger partial charge in [-0.3, -0.25) is 9.69 Å². The van der Waals surface area contributed by atoms with Crippen LogP contribution in [0, 0.1) is 0 Å². The molecule has 27 heavy (non-hydrogen) atoms. The van der Waals surface area contributed by atoms with Crippen molar-refractivity contribution in [2.24, 2.45) is 0 Å². The first kappa shape index (κ1) is 19.3. The second-order valence-electron chi connectivity index (χ2n) is 7.45. The number of hydrogen-bond acceptors (Lipinski definition) is 6. The predicted octanol–water partition coefficient (Wildman–Crippen LogP) is 1.47. The van der Waals surface area contributed by atoms with Crippen LogP contribution in [0.2, 0.25) is 0 Å². The standard InChI is InChI=1S/C18H27N3O4S2/c22-18(20-10-8-19(9-11-20)14-15-4-3-12-25-15)17-16(5-13-26-17)27(23,24)21-6-1-2-7-21/h5,13,15H,1-4,6-12,14H2. The molecule has 0 bridgehead atoms. The van der Waals surface area contributed by atoms with Crippen molar-refractivity contribution < 1.29 is 17.9 Å². The van der Waals surface area contributed by atoms with Gasteiger partial charge < -0.3 is 9.64 Å². The highest BCUT2D eigenvalue weighted by atomic mass is 32.2. The summed E-state index contributed by atoms with van der Waals surface area (Å²) in [6.45, 7) is 5.77. The van der Waals surface area contributed by atoms with Crippen LogP contribution in [0.1, 0.15) is 35.4 Å². The monoisotopic (exact) mass is 413 g/mol. The second-order valence-corrected chi connectivity index (χ2v) is 10.3. The molecule has 1 aromatic rings. The molecule has 150 valence electrons. The van der Waals surface area contributed by atoms with Gasteiger partial charge in [-0.05, 0) is 37.1 Å². The highest BCUT2D eigenvalue weighted by Crippen LogP contribution is 2.29. The molecular weight excluding hydrogens is 386 g/mol. The lowest BCUT2D eigenvalue weighted by atomic mass is 10.2. The lowest BCUT2D eigenvalue weighted by molar-refractivity contribution is 0.0433. The molecule has 4 rings (SSSR count). The Hall–Kier alpha value is -1.00. The molecule has 0 saturated carbocycles. The van der Waals surface area contributed by atoms with E-state index in [2.05, 4.69) is 4.90 Å². The molecule has 7 nitrogen and oxygen atoms in total. The molecule has 0 N–H and O–H groups in total. The topological polar surface area (TPSA) is 70.2 Å². The number of piperazine rings is 1. The summed E-state index contributed by atoms with van der Waals surface area (Å²) in [6.07, 6.45) is 4.35. The third-order valence-electron chi connectivity index (χ3n) is 5.65. The van der Waals surface area contributed by atoms with Crippen molar-refractivity contribution in [3.63, 3.8) is 0 Å². The van der Waals surface area contributed by atoms with Crippen molar-refractivity contribution in [1.82, 2.24) is 14.1 Å². The summed E-state index contributed by atoms with van der Waals surface area (Å²) in [5.41, 5.74) is 0. The van der Waals surface area contributed by atoms with Crippen LogP contribution in [0.5, 0.6) is 0 Å². The van der Waals surface area contributed by atoms with Crippen molar-refractivity contribution in [2.45, 2.75) is 36.7 Å². The fourth-order valence-corrected chi connectivity index (χ4v) is 6.96. The summed E-state index contributed by atoms with van der Waals surface area (Å²) >= 11 is 1.23. The molecule has 9 heteroatoms. The minimum Gasteiger partial charge on any atom is -0.377 e. The number of nitrogens with zero attached hydrogens (tertiary/aromatic N) is 3. The summed E-state index contributed by atoms with van der Waals surface area (Å²) in [5.74, 6) is -0.153. The fraction of sp³-hybridized carbons (Fsp3) is 0.722. The number of sulfonamides is 1. The van der Waals surface area contributed by atoms with Crippen LogP contribution in [0.25, 0.3) is 0 Å². The molecule has 3 fully saturated rings. The molecule has 1 aromatic heterocycles. The van der Waals surface area contributed by atoms with E-state index in [9.17, 15) is 13.2 Å². The normalized spacial score (nSPS) is 25.3. The number of carbonyl (C=O) groups excluding carboxylic acids is 1. The second kappa shape index (κ2) is 8.16. The first-order chi connectivity index (χ1) is 13.1. The van der Waals surface area contributed by atoms with Crippen LogP contribution in [0.4, 0.5) is 0 Å². The molecule has 3 aliphatic rings. The van der Waals surface area contributed by atoms with E-state index < -0.39 is 10.0 Å². The zero-order chi connectivity index (χ0) is 18.9. The van der Waals surface area contributed by atoms with Gasteiger partial charge in [-0.2, -0.15) is 4.31 Å². The van der Waals surface area contributed by atoms with E-state index in [4.69, 9.17) is 4.74 Å². The Morgan fingerprint density at radius 1 is 1.11 bits per heavy atom. The van der Waals surface area contributed by atoms with Crippen LogP contribution in [0.15, 0.2) is 16.3 Å². The lowest BCUT2D eigenvalue weighted by Gasteiger charge is -2.35. The molecule has 1 amide bonds. The van der Waals surface area contributed by atoms with Gasteiger partial charge in [0.2, 0.25) is 10.0 Å². The van der Waals surface area contributed by atoms with Gasteiger partial charge in [0.05, 0.1) is 6.10 Å². The molecule has 1 atom stereocenters. The Kier molecular flexibility index (Phi) is 5.84. The van der Waals surface area contributed by atoms with E-state index >= 15 is 0 Å². The van der Waals surface area contributed by atoms with Crippen molar-refractivity contribution in [3.05, 3.63) is 16.3 Å². The van der Waals surface area contributed by atoms with Crippen LogP contribution in [0.3, 0.4) is 0 Å². The summed E-state index contributed by atoms with van der Waals surface area (Å²) < 4.78 is 33.0. The minimum absolute atomic E-state index is 0.153. The third-order valence-corrected chi connectivity index (χ3v) is 8.62. The van der Waals surface area contributed by atoms with E-state index in [1.165, 1.54) is 15.6 Å². The van der Waals surface area contributed by atoms with E-state index in [0.717, 1.165) is 51.9 Å². The molecule has 4 heterocycles. The predicted molar refractivity (Wildman–Crippen MR) is 104 cm³/mol. The molecule has 0 radical (unpaired) electrons. The van der Waals surface area contributed by atoms with Crippen LogP contribution in [-0.2, 0) is 14.8 Å². The Balaban J connectivity index is 1.40. The van der Waals surface area contributed by atoms with Crippen molar-refractivity contribution in [3.8, 4) is 0 Å². The van der Waals surface area contributed by atoms with Gasteiger partial charge >= 0.3 is 0 Å². The van der Waals surface area contributed by atoms with Crippen molar-refractivity contribution >= 4 is 27.3 Å². The van der Waals surface area contributed by atoms with Crippen molar-refractivity contribution in [1.29, 1.82) is 0 Å². The first-order valence-corrected chi connectivity index (χ1v) is 12.1.